The maximum absolute atomic E-state index is 10.3. The van der Waals surface area contributed by atoms with E-state index in [1.165, 1.54) is 96.3 Å². The number of hydrogen-bond acceptors (Lipinski definition) is 3. The van der Waals surface area contributed by atoms with Crippen molar-refractivity contribution in [2.45, 2.75) is 193 Å². The summed E-state index contributed by atoms with van der Waals surface area (Å²) in [6, 6.07) is 0. The van der Waals surface area contributed by atoms with Crippen molar-refractivity contribution in [3.63, 3.8) is 0 Å². The molecule has 0 spiro atoms. The fraction of sp³-hybridized carbons (Fsp3) is 0.833. The first kappa shape index (κ1) is 41.5. The monoisotopic (exact) mass is 581 g/mol. The zero-order chi connectivity index (χ0) is 30.7. The number of aliphatic hydroxyl groups excluding tert-OH is 1. The smallest absolute Gasteiger partial charge is 0.303 e. The molecule has 0 radical (unpaired) electrons. The van der Waals surface area contributed by atoms with Crippen molar-refractivity contribution in [3.05, 3.63) is 24.3 Å². The van der Waals surface area contributed by atoms with Crippen molar-refractivity contribution < 1.29 is 24.9 Å². The molecule has 0 saturated heterocycles. The lowest BCUT2D eigenvalue weighted by atomic mass is 10.1. The molecule has 41 heavy (non-hydrogen) atoms. The Bertz CT molecular complexity index is 599. The molecule has 0 aliphatic heterocycles. The summed E-state index contributed by atoms with van der Waals surface area (Å²) in [5, 5.41) is 26.8. The van der Waals surface area contributed by atoms with Crippen LogP contribution in [0.2, 0.25) is 0 Å². The third-order valence-electron chi connectivity index (χ3n) is 7.38. The Morgan fingerprint density at radius 1 is 0.488 bits per heavy atom. The molecule has 0 bridgehead atoms. The van der Waals surface area contributed by atoms with Gasteiger partial charge in [-0.2, -0.15) is 0 Å². The average molecular weight is 581 g/mol. The van der Waals surface area contributed by atoms with Crippen LogP contribution in [0.25, 0.3) is 0 Å². The van der Waals surface area contributed by atoms with Crippen molar-refractivity contribution in [1.29, 1.82) is 0 Å². The summed E-state index contributed by atoms with van der Waals surface area (Å²) in [7, 11) is 0. The first-order valence-corrected chi connectivity index (χ1v) is 17.4. The lowest BCUT2D eigenvalue weighted by molar-refractivity contribution is -0.138. The van der Waals surface area contributed by atoms with Gasteiger partial charge in [0.1, 0.15) is 0 Å². The molecular weight excluding hydrogens is 512 g/mol. The molecule has 0 aliphatic carbocycles. The summed E-state index contributed by atoms with van der Waals surface area (Å²) in [5.41, 5.74) is 0. The summed E-state index contributed by atoms with van der Waals surface area (Å²) in [6.07, 6.45) is 38.6. The number of allylic oxidation sites excluding steroid dienone is 3. The minimum absolute atomic E-state index is 0.172. The predicted octanol–water partition coefficient (Wildman–Crippen LogP) is 11.2. The highest BCUT2D eigenvalue weighted by Gasteiger charge is 2.01. The van der Waals surface area contributed by atoms with E-state index in [-0.39, 0.29) is 6.10 Å². The first-order chi connectivity index (χ1) is 19.9. The summed E-state index contributed by atoms with van der Waals surface area (Å²) >= 11 is 0. The van der Waals surface area contributed by atoms with Gasteiger partial charge in [-0.25, -0.2) is 0 Å². The van der Waals surface area contributed by atoms with Gasteiger partial charge in [-0.15, -0.1) is 0 Å². The van der Waals surface area contributed by atoms with Crippen molar-refractivity contribution in [2.75, 3.05) is 0 Å². The third kappa shape index (κ3) is 43.0. The van der Waals surface area contributed by atoms with Gasteiger partial charge in [-0.1, -0.05) is 134 Å². The molecule has 5 nitrogen and oxygen atoms in total. The topological polar surface area (TPSA) is 94.8 Å². The Hall–Kier alpha value is -1.62. The maximum Gasteiger partial charge on any atom is 0.303 e. The Kier molecular flexibility index (Phi) is 36.9. The fourth-order valence-corrected chi connectivity index (χ4v) is 4.71. The van der Waals surface area contributed by atoms with E-state index in [1.807, 2.05) is 0 Å². The van der Waals surface area contributed by atoms with Crippen LogP contribution in [-0.2, 0) is 9.59 Å². The van der Waals surface area contributed by atoms with Crippen molar-refractivity contribution in [3.8, 4) is 0 Å². The molecule has 0 amide bonds. The highest BCUT2D eigenvalue weighted by Crippen LogP contribution is 2.11. The Morgan fingerprint density at radius 2 is 0.829 bits per heavy atom. The molecule has 5 heteroatoms. The maximum atomic E-state index is 10.3. The zero-order valence-electron chi connectivity index (χ0n) is 27.1. The van der Waals surface area contributed by atoms with E-state index in [0.717, 1.165) is 64.2 Å². The van der Waals surface area contributed by atoms with Crippen LogP contribution in [0.3, 0.4) is 0 Å². The van der Waals surface area contributed by atoms with Crippen LogP contribution in [0.5, 0.6) is 0 Å². The quantitative estimate of drug-likeness (QED) is 0.0580. The second-order valence-electron chi connectivity index (χ2n) is 11.6. The number of carboxylic acids is 2. The van der Waals surface area contributed by atoms with Gasteiger partial charge in [0.25, 0.3) is 0 Å². The average Bonchev–Trinajstić information content (AvgIpc) is 2.94. The van der Waals surface area contributed by atoms with E-state index in [9.17, 15) is 14.7 Å². The fourth-order valence-electron chi connectivity index (χ4n) is 4.71. The van der Waals surface area contributed by atoms with Gasteiger partial charge in [0, 0.05) is 12.8 Å². The number of carbonyl (C=O) groups is 2. The molecular formula is C36H68O5. The van der Waals surface area contributed by atoms with Crippen LogP contribution in [0.15, 0.2) is 24.3 Å². The van der Waals surface area contributed by atoms with Gasteiger partial charge in [0.05, 0.1) is 6.10 Å². The summed E-state index contributed by atoms with van der Waals surface area (Å²) in [5.74, 6) is -1.35. The van der Waals surface area contributed by atoms with Crippen LogP contribution in [0, 0.1) is 0 Å². The van der Waals surface area contributed by atoms with E-state index >= 15 is 0 Å². The lowest BCUT2D eigenvalue weighted by Gasteiger charge is -2.07. The minimum Gasteiger partial charge on any atom is -0.481 e. The van der Waals surface area contributed by atoms with Crippen molar-refractivity contribution in [1.82, 2.24) is 0 Å². The molecule has 0 aromatic heterocycles. The molecule has 0 aromatic carbocycles. The van der Waals surface area contributed by atoms with Gasteiger partial charge in [-0.3, -0.25) is 9.59 Å². The van der Waals surface area contributed by atoms with Gasteiger partial charge < -0.3 is 15.3 Å². The second kappa shape index (κ2) is 36.4. The molecule has 0 aromatic rings. The standard InChI is InChI=1S/C18H34O3.C18H34O2/c1-2-3-4-11-14-17(19)15-12-9-7-5-6-8-10-13-16-18(20)21;1-2-3-4-5-6-7-8-9-10-11-12-13-14-15-16-17-18(19)20/h9,12,17,19H,2-8,10-11,13-16H2,1H3,(H,20,21);9-10H,2-8,11-17H2,1H3,(H,19,20)/b12-9-;10-9-/t17-;/m1./s1. The predicted molar refractivity (Wildman–Crippen MR) is 176 cm³/mol. The van der Waals surface area contributed by atoms with Gasteiger partial charge >= 0.3 is 11.9 Å². The summed E-state index contributed by atoms with van der Waals surface area (Å²) in [4.78, 5) is 20.7. The van der Waals surface area contributed by atoms with E-state index < -0.39 is 11.9 Å². The molecule has 0 heterocycles. The second-order valence-corrected chi connectivity index (χ2v) is 11.6. The molecule has 0 unspecified atom stereocenters. The van der Waals surface area contributed by atoms with E-state index in [4.69, 9.17) is 10.2 Å². The lowest BCUT2D eigenvalue weighted by Crippen LogP contribution is -2.04. The van der Waals surface area contributed by atoms with Gasteiger partial charge in [0.15, 0.2) is 0 Å². The molecule has 242 valence electrons. The van der Waals surface area contributed by atoms with Crippen LogP contribution in [0.4, 0.5) is 0 Å². The first-order valence-electron chi connectivity index (χ1n) is 17.4. The van der Waals surface area contributed by atoms with E-state index in [1.54, 1.807) is 0 Å². The normalized spacial score (nSPS) is 12.1. The number of rotatable bonds is 30. The van der Waals surface area contributed by atoms with Gasteiger partial charge in [0.2, 0.25) is 0 Å². The van der Waals surface area contributed by atoms with E-state index in [2.05, 4.69) is 38.2 Å². The number of unbranched alkanes of at least 4 members (excludes halogenated alkanes) is 19. The highest BCUT2D eigenvalue weighted by molar-refractivity contribution is 5.66. The van der Waals surface area contributed by atoms with Crippen LogP contribution >= 0.6 is 0 Å². The molecule has 0 aliphatic rings. The number of carboxylic acid groups (broad SMARTS) is 2. The molecule has 0 rings (SSSR count). The Morgan fingerprint density at radius 3 is 1.24 bits per heavy atom. The van der Waals surface area contributed by atoms with E-state index in [0.29, 0.717) is 12.8 Å². The third-order valence-corrected chi connectivity index (χ3v) is 7.38. The summed E-state index contributed by atoms with van der Waals surface area (Å²) < 4.78 is 0. The molecule has 1 atom stereocenters. The minimum atomic E-state index is -0.689. The highest BCUT2D eigenvalue weighted by atomic mass is 16.4. The number of hydrogen-bond donors (Lipinski definition) is 3. The SMILES string of the molecule is CCCCCCCC/C=C\CCCCCCCC(=O)O.CCCCCC[C@@H](O)C/C=C\CCCCCCCC(=O)O. The molecule has 3 N–H and O–H groups in total. The zero-order valence-corrected chi connectivity index (χ0v) is 27.1. The molecule has 0 saturated carbocycles. The van der Waals surface area contributed by atoms with Crippen molar-refractivity contribution in [2.24, 2.45) is 0 Å². The van der Waals surface area contributed by atoms with Gasteiger partial charge in [-0.05, 0) is 64.2 Å². The number of aliphatic carboxylic acids is 2. The van der Waals surface area contributed by atoms with Crippen molar-refractivity contribution >= 4 is 11.9 Å². The van der Waals surface area contributed by atoms with Crippen LogP contribution in [0.1, 0.15) is 187 Å². The Balaban J connectivity index is 0. The number of aliphatic hydroxyl groups is 1. The van der Waals surface area contributed by atoms with Crippen LogP contribution < -0.4 is 0 Å². The molecule has 0 fully saturated rings. The van der Waals surface area contributed by atoms with Crippen LogP contribution in [-0.4, -0.2) is 33.4 Å². The summed E-state index contributed by atoms with van der Waals surface area (Å²) in [6.45, 7) is 4.46. The Labute approximate surface area is 254 Å². The largest absolute Gasteiger partial charge is 0.481 e.